The molecule has 6 nitrogen and oxygen atoms in total. The van der Waals surface area contributed by atoms with Gasteiger partial charge in [0.2, 0.25) is 0 Å². The summed E-state index contributed by atoms with van der Waals surface area (Å²) in [6.07, 6.45) is 0. The molecule has 0 unspecified atom stereocenters. The number of hydrogen-bond acceptors (Lipinski definition) is 4. The van der Waals surface area contributed by atoms with Crippen LogP contribution in [-0.2, 0) is 0 Å². The molecule has 0 aliphatic heterocycles. The Kier molecular flexibility index (Phi) is 3.50. The van der Waals surface area contributed by atoms with Gasteiger partial charge in [0, 0.05) is 5.39 Å². The Morgan fingerprint density at radius 3 is 2.64 bits per heavy atom. The topological polar surface area (TPSA) is 88.0 Å². The number of carbonyl (C=O) groups is 1. The second kappa shape index (κ2) is 5.48. The molecule has 0 saturated heterocycles. The fraction of sp³-hybridized carbons (Fsp3) is 0.188. The number of amides is 1. The number of aromatic nitrogens is 2. The number of benzene rings is 1. The molecule has 0 aliphatic rings. The van der Waals surface area contributed by atoms with Crippen LogP contribution >= 0.6 is 0 Å². The second-order valence-electron chi connectivity index (χ2n) is 5.09. The summed E-state index contributed by atoms with van der Waals surface area (Å²) < 4.78 is 5.50. The summed E-state index contributed by atoms with van der Waals surface area (Å²) in [6, 6.07) is 10.2. The smallest absolute Gasteiger partial charge is 0.272 e. The SMILES string of the molecule is Cc1ccc([C@@H](C)NC(=O)c2n[nH]c(=O)c3ccccc23)o1. The fourth-order valence-electron chi connectivity index (χ4n) is 2.31. The summed E-state index contributed by atoms with van der Waals surface area (Å²) in [5.41, 5.74) is -0.132. The molecule has 112 valence electrons. The number of H-pyrrole nitrogens is 1. The Bertz CT molecular complexity index is 895. The van der Waals surface area contributed by atoms with Gasteiger partial charge in [-0.25, -0.2) is 5.10 Å². The lowest BCUT2D eigenvalue weighted by atomic mass is 10.1. The highest BCUT2D eigenvalue weighted by atomic mass is 16.3. The van der Waals surface area contributed by atoms with E-state index in [0.717, 1.165) is 5.76 Å². The van der Waals surface area contributed by atoms with Crippen LogP contribution < -0.4 is 10.9 Å². The third-order valence-corrected chi connectivity index (χ3v) is 3.45. The molecule has 1 aromatic carbocycles. The van der Waals surface area contributed by atoms with E-state index in [1.165, 1.54) is 0 Å². The Morgan fingerprint density at radius 2 is 1.95 bits per heavy atom. The number of furan rings is 1. The largest absolute Gasteiger partial charge is 0.464 e. The van der Waals surface area contributed by atoms with E-state index in [-0.39, 0.29) is 23.2 Å². The molecular weight excluding hydrogens is 282 g/mol. The quantitative estimate of drug-likeness (QED) is 0.776. The van der Waals surface area contributed by atoms with Crippen LogP contribution in [0.2, 0.25) is 0 Å². The van der Waals surface area contributed by atoms with E-state index < -0.39 is 0 Å². The summed E-state index contributed by atoms with van der Waals surface area (Å²) in [5.74, 6) is 1.08. The number of aromatic amines is 1. The normalized spacial score (nSPS) is 12.3. The van der Waals surface area contributed by atoms with Crippen LogP contribution in [0.25, 0.3) is 10.8 Å². The van der Waals surface area contributed by atoms with Crippen LogP contribution in [0.4, 0.5) is 0 Å². The molecule has 3 rings (SSSR count). The van der Waals surface area contributed by atoms with Gasteiger partial charge in [-0.2, -0.15) is 5.10 Å². The molecule has 1 amide bonds. The van der Waals surface area contributed by atoms with Crippen molar-refractivity contribution in [3.05, 3.63) is 64.0 Å². The lowest BCUT2D eigenvalue weighted by Gasteiger charge is -2.12. The first-order chi connectivity index (χ1) is 10.6. The molecular formula is C16H15N3O3. The van der Waals surface area contributed by atoms with E-state index in [4.69, 9.17) is 4.42 Å². The van der Waals surface area contributed by atoms with Crippen molar-refractivity contribution in [1.82, 2.24) is 15.5 Å². The fourth-order valence-corrected chi connectivity index (χ4v) is 2.31. The average molecular weight is 297 g/mol. The van der Waals surface area contributed by atoms with Crippen molar-refractivity contribution in [3.63, 3.8) is 0 Å². The van der Waals surface area contributed by atoms with Gasteiger partial charge in [-0.3, -0.25) is 9.59 Å². The van der Waals surface area contributed by atoms with Crippen LogP contribution in [-0.4, -0.2) is 16.1 Å². The lowest BCUT2D eigenvalue weighted by molar-refractivity contribution is 0.0931. The van der Waals surface area contributed by atoms with E-state index in [1.54, 1.807) is 24.3 Å². The molecule has 1 atom stereocenters. The Morgan fingerprint density at radius 1 is 1.23 bits per heavy atom. The van der Waals surface area contributed by atoms with Crippen molar-refractivity contribution in [1.29, 1.82) is 0 Å². The third kappa shape index (κ3) is 2.50. The standard InChI is InChI=1S/C16H15N3O3/c1-9-7-8-13(22-9)10(2)17-16(21)14-11-5-3-4-6-12(11)15(20)19-18-14/h3-8,10H,1-2H3,(H,17,21)(H,19,20)/t10-/m1/s1. The van der Waals surface area contributed by atoms with Crippen molar-refractivity contribution in [2.45, 2.75) is 19.9 Å². The monoisotopic (exact) mass is 297 g/mol. The number of carbonyl (C=O) groups excluding carboxylic acids is 1. The molecule has 3 aromatic rings. The maximum absolute atomic E-state index is 12.4. The lowest BCUT2D eigenvalue weighted by Crippen LogP contribution is -2.28. The van der Waals surface area contributed by atoms with Gasteiger partial charge >= 0.3 is 0 Å². The van der Waals surface area contributed by atoms with Crippen molar-refractivity contribution in [2.24, 2.45) is 0 Å². The van der Waals surface area contributed by atoms with Crippen molar-refractivity contribution < 1.29 is 9.21 Å². The highest BCUT2D eigenvalue weighted by Gasteiger charge is 2.18. The molecule has 0 aliphatic carbocycles. The van der Waals surface area contributed by atoms with Crippen LogP contribution in [0, 0.1) is 6.92 Å². The second-order valence-corrected chi connectivity index (χ2v) is 5.09. The molecule has 6 heteroatoms. The number of nitrogens with one attached hydrogen (secondary N) is 2. The summed E-state index contributed by atoms with van der Waals surface area (Å²) >= 11 is 0. The maximum Gasteiger partial charge on any atom is 0.272 e. The minimum absolute atomic E-state index is 0.185. The number of rotatable bonds is 3. The molecule has 0 saturated carbocycles. The maximum atomic E-state index is 12.4. The zero-order valence-electron chi connectivity index (χ0n) is 12.2. The van der Waals surface area contributed by atoms with E-state index in [1.807, 2.05) is 26.0 Å². The van der Waals surface area contributed by atoms with Gasteiger partial charge in [0.05, 0.1) is 11.4 Å². The van der Waals surface area contributed by atoms with E-state index in [9.17, 15) is 9.59 Å². The van der Waals surface area contributed by atoms with Crippen LogP contribution in [0.5, 0.6) is 0 Å². The van der Waals surface area contributed by atoms with Crippen molar-refractivity contribution >= 4 is 16.7 Å². The van der Waals surface area contributed by atoms with Gasteiger partial charge in [-0.05, 0) is 32.0 Å². The van der Waals surface area contributed by atoms with Crippen LogP contribution in [0.1, 0.15) is 35.0 Å². The summed E-state index contributed by atoms with van der Waals surface area (Å²) in [4.78, 5) is 24.2. The molecule has 2 N–H and O–H groups in total. The molecule has 2 aromatic heterocycles. The molecule has 0 fully saturated rings. The minimum atomic E-state index is -0.367. The number of nitrogens with zero attached hydrogens (tertiary/aromatic N) is 1. The molecule has 22 heavy (non-hydrogen) atoms. The van der Waals surface area contributed by atoms with Crippen molar-refractivity contribution in [3.8, 4) is 0 Å². The average Bonchev–Trinajstić information content (AvgIpc) is 2.94. The number of aryl methyl sites for hydroxylation is 1. The van der Waals surface area contributed by atoms with Gasteiger partial charge in [0.1, 0.15) is 11.5 Å². The Labute approximate surface area is 126 Å². The van der Waals surface area contributed by atoms with E-state index >= 15 is 0 Å². The number of hydrogen-bond donors (Lipinski definition) is 2. The summed E-state index contributed by atoms with van der Waals surface area (Å²) in [6.45, 7) is 3.67. The predicted molar refractivity (Wildman–Crippen MR) is 81.7 cm³/mol. The van der Waals surface area contributed by atoms with Gasteiger partial charge < -0.3 is 9.73 Å². The molecule has 0 bridgehead atoms. The highest BCUT2D eigenvalue weighted by Crippen LogP contribution is 2.17. The Balaban J connectivity index is 1.93. The summed E-state index contributed by atoms with van der Waals surface area (Å²) in [5, 5.41) is 10.0. The summed E-state index contributed by atoms with van der Waals surface area (Å²) in [7, 11) is 0. The van der Waals surface area contributed by atoms with Crippen molar-refractivity contribution in [2.75, 3.05) is 0 Å². The minimum Gasteiger partial charge on any atom is -0.464 e. The first kappa shape index (κ1) is 14.1. The Hall–Kier alpha value is -2.89. The zero-order chi connectivity index (χ0) is 15.7. The van der Waals surface area contributed by atoms with E-state index in [2.05, 4.69) is 15.5 Å². The number of fused-ring (bicyclic) bond motifs is 1. The molecule has 2 heterocycles. The zero-order valence-corrected chi connectivity index (χ0v) is 12.2. The van der Waals surface area contributed by atoms with Gasteiger partial charge in [-0.1, -0.05) is 18.2 Å². The third-order valence-electron chi connectivity index (χ3n) is 3.45. The van der Waals surface area contributed by atoms with Gasteiger partial charge in [-0.15, -0.1) is 0 Å². The molecule has 0 radical (unpaired) electrons. The van der Waals surface area contributed by atoms with Gasteiger partial charge in [0.25, 0.3) is 11.5 Å². The van der Waals surface area contributed by atoms with Crippen LogP contribution in [0.15, 0.2) is 45.6 Å². The van der Waals surface area contributed by atoms with Gasteiger partial charge in [0.15, 0.2) is 5.69 Å². The van der Waals surface area contributed by atoms with E-state index in [0.29, 0.717) is 16.5 Å². The first-order valence-corrected chi connectivity index (χ1v) is 6.91. The van der Waals surface area contributed by atoms with Crippen LogP contribution in [0.3, 0.4) is 0 Å². The molecule has 0 spiro atoms. The predicted octanol–water partition coefficient (Wildman–Crippen LogP) is 2.32. The first-order valence-electron chi connectivity index (χ1n) is 6.91. The highest BCUT2D eigenvalue weighted by molar-refractivity contribution is 6.04.